The summed E-state index contributed by atoms with van der Waals surface area (Å²) in [5.74, 6) is -2.05. The molecule has 26 heteroatoms. The van der Waals surface area contributed by atoms with Crippen LogP contribution in [-0.4, -0.2) is 219 Å². The molecule has 0 bridgehead atoms. The van der Waals surface area contributed by atoms with Crippen molar-refractivity contribution in [3.63, 3.8) is 0 Å². The fourth-order valence-electron chi connectivity index (χ4n) is 9.89. The molecule has 0 aromatic heterocycles. The standard InChI is InChI=1S/C39H59N5O8.C16H30N2O4.C10H14O4.C7H10N2.C5H11N/c40-34-13-9-32(10-14-34)7-1-2-8-36(45)49-27-3-5-29-51-38(47)18-21-43-23-25-44(26-24-43)22-19-39(48)52-30-6-4-28-50-37(46)17-20-42-31-33-11-15-35(41)16-12-33;1-3-6-15(19)21-13-4-5-14-22-16(20)7-8-18-11-9-17(2)10-12-18;1-3-9(11)13-7-5-6-8-14-10(12)4-2;8-5-6-1-3-7(9)4-2-6;1-2-4-6-5-3-1/h9-16,42H,1-8,17-31,40-41H2;3-14H2,1-2H3;3-4H,1-2,5-8H2;1-4H,5,8-9H2;6H,1-5H2. The van der Waals surface area contributed by atoms with Crippen LogP contribution in [-0.2, 0) is 95.8 Å². The molecule has 0 saturated carbocycles. The van der Waals surface area contributed by atoms with Crippen molar-refractivity contribution in [2.75, 3.05) is 169 Å². The van der Waals surface area contributed by atoms with E-state index >= 15 is 0 Å². The van der Waals surface area contributed by atoms with Gasteiger partial charge >= 0.3 is 47.8 Å². The molecule has 0 aliphatic carbocycles. The van der Waals surface area contributed by atoms with Crippen LogP contribution < -0.4 is 33.6 Å². The molecule has 3 aliphatic rings. The number of unbranched alkanes of at least 4 members (excludes halogenated alkanes) is 5. The Morgan fingerprint density at radius 2 is 0.748 bits per heavy atom. The second-order valence-corrected chi connectivity index (χ2v) is 25.1. The highest BCUT2D eigenvalue weighted by Gasteiger charge is 2.20. The minimum Gasteiger partial charge on any atom is -0.466 e. The Morgan fingerprint density at radius 1 is 0.417 bits per heavy atom. The Bertz CT molecular complexity index is 2620. The summed E-state index contributed by atoms with van der Waals surface area (Å²) in [5, 5.41) is 6.49. The van der Waals surface area contributed by atoms with Gasteiger partial charge in [-0.2, -0.15) is 0 Å². The van der Waals surface area contributed by atoms with Crippen molar-refractivity contribution < 1.29 is 76.3 Å². The average molecular weight is 1450 g/mol. The van der Waals surface area contributed by atoms with Crippen molar-refractivity contribution in [3.8, 4) is 0 Å². The number of piperazine rings is 2. The topological polar surface area (TPSA) is 351 Å². The van der Waals surface area contributed by atoms with E-state index in [4.69, 9.17) is 60.8 Å². The van der Waals surface area contributed by atoms with Crippen LogP contribution in [0.5, 0.6) is 0 Å². The Balaban J connectivity index is 0.000000566. The number of rotatable bonds is 44. The van der Waals surface area contributed by atoms with E-state index in [2.05, 4.69) is 50.4 Å². The molecular weight excluding hydrogens is 1320 g/mol. The van der Waals surface area contributed by atoms with Gasteiger partial charge in [0.1, 0.15) is 0 Å². The summed E-state index contributed by atoms with van der Waals surface area (Å²) in [5.41, 5.74) is 27.9. The van der Waals surface area contributed by atoms with Crippen molar-refractivity contribution in [3.05, 3.63) is 115 Å². The van der Waals surface area contributed by atoms with Gasteiger partial charge in [-0.3, -0.25) is 28.8 Å². The summed E-state index contributed by atoms with van der Waals surface area (Å²) in [6.45, 7) is 25.0. The second-order valence-electron chi connectivity index (χ2n) is 25.1. The van der Waals surface area contributed by atoms with Crippen LogP contribution in [0.25, 0.3) is 0 Å². The fourth-order valence-corrected chi connectivity index (χ4v) is 9.89. The highest BCUT2D eigenvalue weighted by atomic mass is 16.6. The van der Waals surface area contributed by atoms with Crippen LogP contribution in [0, 0.1) is 0 Å². The molecular formula is C77H124N10O16. The zero-order valence-electron chi connectivity index (χ0n) is 61.9. The lowest BCUT2D eigenvalue weighted by atomic mass is 10.1. The molecule has 3 aliphatic heterocycles. The first kappa shape index (κ1) is 91.1. The predicted molar refractivity (Wildman–Crippen MR) is 402 cm³/mol. The smallest absolute Gasteiger partial charge is 0.330 e. The van der Waals surface area contributed by atoms with E-state index in [9.17, 15) is 38.4 Å². The van der Waals surface area contributed by atoms with Crippen LogP contribution in [0.3, 0.4) is 0 Å². The van der Waals surface area contributed by atoms with E-state index in [1.807, 2.05) is 79.7 Å². The number of nitrogens with zero attached hydrogens (tertiary/aromatic N) is 4. The molecule has 0 unspecified atom stereocenters. The Kier molecular flexibility index (Phi) is 54.4. The van der Waals surface area contributed by atoms with E-state index < -0.39 is 11.9 Å². The maximum atomic E-state index is 12.2. The van der Waals surface area contributed by atoms with Crippen LogP contribution in [0.15, 0.2) is 98.1 Å². The first-order chi connectivity index (χ1) is 49.9. The minimum atomic E-state index is -0.437. The summed E-state index contributed by atoms with van der Waals surface area (Å²) < 4.78 is 40.9. The van der Waals surface area contributed by atoms with Crippen molar-refractivity contribution in [1.29, 1.82) is 0 Å². The summed E-state index contributed by atoms with van der Waals surface area (Å²) in [4.78, 5) is 101. The number of hydrogen-bond acceptors (Lipinski definition) is 26. The first-order valence-electron chi connectivity index (χ1n) is 36.9. The third-order valence-corrected chi connectivity index (χ3v) is 16.3. The number of benzene rings is 3. The predicted octanol–water partition coefficient (Wildman–Crippen LogP) is 7.88. The number of nitrogens with two attached hydrogens (primary N) is 4. The highest BCUT2D eigenvalue weighted by Crippen LogP contribution is 2.12. The molecule has 10 N–H and O–H groups in total. The largest absolute Gasteiger partial charge is 0.466 e. The lowest BCUT2D eigenvalue weighted by molar-refractivity contribution is -0.146. The number of esters is 8. The van der Waals surface area contributed by atoms with Crippen molar-refractivity contribution in [1.82, 2.24) is 30.2 Å². The van der Waals surface area contributed by atoms with E-state index in [-0.39, 0.29) is 35.8 Å². The van der Waals surface area contributed by atoms with Gasteiger partial charge in [-0.1, -0.05) is 62.9 Å². The van der Waals surface area contributed by atoms with Gasteiger partial charge in [-0.05, 0) is 163 Å². The molecule has 578 valence electrons. The summed E-state index contributed by atoms with van der Waals surface area (Å²) in [7, 11) is 2.12. The van der Waals surface area contributed by atoms with E-state index in [1.165, 1.54) is 37.9 Å². The minimum absolute atomic E-state index is 0.137. The summed E-state index contributed by atoms with van der Waals surface area (Å²) in [6.07, 6.45) is 17.5. The van der Waals surface area contributed by atoms with E-state index in [1.54, 1.807) is 0 Å². The quantitative estimate of drug-likeness (QED) is 0.0103. The molecule has 3 aromatic carbocycles. The van der Waals surface area contributed by atoms with Gasteiger partial charge in [0.05, 0.1) is 78.5 Å². The van der Waals surface area contributed by atoms with Crippen molar-refractivity contribution >= 4 is 64.8 Å². The van der Waals surface area contributed by atoms with Crippen molar-refractivity contribution in [2.45, 2.75) is 155 Å². The number of carbonyl (C=O) groups excluding carboxylic acids is 8. The Morgan fingerprint density at radius 3 is 1.09 bits per heavy atom. The van der Waals surface area contributed by atoms with E-state index in [0.717, 1.165) is 138 Å². The van der Waals surface area contributed by atoms with E-state index in [0.29, 0.717) is 163 Å². The number of piperidine rings is 1. The van der Waals surface area contributed by atoms with Gasteiger partial charge in [-0.25, -0.2) is 9.59 Å². The van der Waals surface area contributed by atoms with Gasteiger partial charge in [0.15, 0.2) is 0 Å². The maximum absolute atomic E-state index is 12.2. The molecule has 3 fully saturated rings. The lowest BCUT2D eigenvalue weighted by Gasteiger charge is -2.34. The molecule has 0 atom stereocenters. The van der Waals surface area contributed by atoms with Gasteiger partial charge in [0, 0.05) is 134 Å². The number of hydrogen-bond donors (Lipinski definition) is 6. The molecule has 26 nitrogen and oxygen atoms in total. The number of nitrogen functional groups attached to an aromatic ring is 3. The molecule has 3 saturated heterocycles. The maximum Gasteiger partial charge on any atom is 0.330 e. The van der Waals surface area contributed by atoms with Gasteiger partial charge < -0.3 is 91.1 Å². The molecule has 6 rings (SSSR count). The normalized spacial score (nSPS) is 13.7. The molecule has 3 aromatic rings. The van der Waals surface area contributed by atoms with Crippen LogP contribution in [0.4, 0.5) is 17.1 Å². The second kappa shape index (κ2) is 61.5. The van der Waals surface area contributed by atoms with Gasteiger partial charge in [-0.15, -0.1) is 0 Å². The number of likely N-dealkylation sites (N-methyl/N-ethyl adjacent to an activating group) is 1. The fraction of sp³-hybridized carbons (Fsp3) is 0.610. The monoisotopic (exact) mass is 1440 g/mol. The molecule has 3 heterocycles. The highest BCUT2D eigenvalue weighted by molar-refractivity contribution is 5.81. The Hall–Kier alpha value is -7.98. The molecule has 0 radical (unpaired) electrons. The zero-order chi connectivity index (χ0) is 75.2. The Labute approximate surface area is 612 Å². The average Bonchev–Trinajstić information content (AvgIpc) is 0.977. The molecule has 0 amide bonds. The zero-order valence-corrected chi connectivity index (χ0v) is 61.9. The SMILES string of the molecule is C1CCNCC1.C=CC(=O)OCCCCOC(=O)C=C.CCCC(=O)OCCCCOC(=O)CCN1CCN(C)CC1.NCc1ccc(N)cc1.Nc1ccc(CCCCC(=O)OCCCCOC(=O)CCN2CCN(CCC(=O)OCCCCOC(=O)CCNCc3ccc(N)cc3)CC2)cc1. The number of anilines is 3. The van der Waals surface area contributed by atoms with Crippen LogP contribution in [0.2, 0.25) is 0 Å². The third-order valence-electron chi connectivity index (χ3n) is 16.3. The number of aryl methyl sites for hydroxylation is 1. The number of nitrogens with one attached hydrogen (secondary N) is 2. The van der Waals surface area contributed by atoms with Gasteiger partial charge in [0.2, 0.25) is 0 Å². The third kappa shape index (κ3) is 53.5. The summed E-state index contributed by atoms with van der Waals surface area (Å²) >= 11 is 0. The lowest BCUT2D eigenvalue weighted by Crippen LogP contribution is -2.47. The van der Waals surface area contributed by atoms with Crippen molar-refractivity contribution in [2.24, 2.45) is 5.73 Å². The van der Waals surface area contributed by atoms with Crippen LogP contribution >= 0.6 is 0 Å². The number of carbonyl (C=O) groups is 8. The summed E-state index contributed by atoms with van der Waals surface area (Å²) in [6, 6.07) is 22.9. The first-order valence-corrected chi connectivity index (χ1v) is 36.9. The molecule has 0 spiro atoms. The van der Waals surface area contributed by atoms with Gasteiger partial charge in [0.25, 0.3) is 0 Å². The van der Waals surface area contributed by atoms with Crippen LogP contribution in [0.1, 0.15) is 152 Å². The molecule has 103 heavy (non-hydrogen) atoms. The number of ether oxygens (including phenoxy) is 8.